The van der Waals surface area contributed by atoms with Crippen LogP contribution in [-0.2, 0) is 9.84 Å². The average Bonchev–Trinajstić information content (AvgIpc) is 2.99. The lowest BCUT2D eigenvalue weighted by molar-refractivity contribution is 0.255. The van der Waals surface area contributed by atoms with E-state index in [9.17, 15) is 8.42 Å². The topological polar surface area (TPSA) is 46.2 Å². The van der Waals surface area contributed by atoms with Crippen LogP contribution in [0.2, 0.25) is 0 Å². The third-order valence-corrected chi connectivity index (χ3v) is 5.50. The quantitative estimate of drug-likeness (QED) is 0.712. The molecule has 1 rings (SSSR count). The molecule has 96 valence electrons. The van der Waals surface area contributed by atoms with Gasteiger partial charge in [0, 0.05) is 12.3 Å². The molecule has 0 heterocycles. The van der Waals surface area contributed by atoms with Crippen molar-refractivity contribution in [1.29, 1.82) is 0 Å². The van der Waals surface area contributed by atoms with E-state index in [1.807, 2.05) is 14.0 Å². The molecule has 0 aromatic rings. The Kier molecular flexibility index (Phi) is 4.80. The zero-order valence-electron chi connectivity index (χ0n) is 10.8. The Bertz CT molecular complexity index is 309. The van der Waals surface area contributed by atoms with Crippen molar-refractivity contribution in [2.45, 2.75) is 39.5 Å². The van der Waals surface area contributed by atoms with Gasteiger partial charge in [-0.1, -0.05) is 13.8 Å². The van der Waals surface area contributed by atoms with E-state index in [1.54, 1.807) is 0 Å². The fourth-order valence-electron chi connectivity index (χ4n) is 2.42. The standard InChI is InChI=1S/C12H25NO2S/c1-4-8-16(14,15)9-7-12(2,10-13-3)11-5-6-11/h11,13H,4-10H2,1-3H3. The lowest BCUT2D eigenvalue weighted by atomic mass is 9.82. The normalized spacial score (nSPS) is 20.7. The number of hydrogen-bond acceptors (Lipinski definition) is 3. The van der Waals surface area contributed by atoms with Crippen LogP contribution in [0.5, 0.6) is 0 Å². The highest BCUT2D eigenvalue weighted by Crippen LogP contribution is 2.47. The van der Waals surface area contributed by atoms with Crippen LogP contribution >= 0.6 is 0 Å². The number of nitrogens with one attached hydrogen (secondary N) is 1. The highest BCUT2D eigenvalue weighted by Gasteiger charge is 2.41. The van der Waals surface area contributed by atoms with Crippen molar-refractivity contribution in [3.05, 3.63) is 0 Å². The second-order valence-corrected chi connectivity index (χ2v) is 7.66. The van der Waals surface area contributed by atoms with Gasteiger partial charge in [-0.15, -0.1) is 0 Å². The van der Waals surface area contributed by atoms with Gasteiger partial charge in [0.25, 0.3) is 0 Å². The SMILES string of the molecule is CCCS(=O)(=O)CCC(C)(CNC)C1CC1. The minimum Gasteiger partial charge on any atom is -0.319 e. The van der Waals surface area contributed by atoms with E-state index in [-0.39, 0.29) is 5.41 Å². The highest BCUT2D eigenvalue weighted by atomic mass is 32.2. The van der Waals surface area contributed by atoms with Crippen molar-refractivity contribution in [1.82, 2.24) is 5.32 Å². The Balaban J connectivity index is 2.50. The summed E-state index contributed by atoms with van der Waals surface area (Å²) in [6.45, 7) is 5.08. The van der Waals surface area contributed by atoms with Crippen molar-refractivity contribution in [2.75, 3.05) is 25.1 Å². The smallest absolute Gasteiger partial charge is 0.150 e. The van der Waals surface area contributed by atoms with Crippen LogP contribution in [-0.4, -0.2) is 33.5 Å². The molecule has 0 spiro atoms. The fourth-order valence-corrected chi connectivity index (χ4v) is 4.03. The van der Waals surface area contributed by atoms with E-state index in [0.29, 0.717) is 11.5 Å². The molecule has 0 amide bonds. The second kappa shape index (κ2) is 5.50. The number of rotatable bonds is 8. The summed E-state index contributed by atoms with van der Waals surface area (Å²) in [5.74, 6) is 1.43. The van der Waals surface area contributed by atoms with Gasteiger partial charge in [-0.3, -0.25) is 0 Å². The first kappa shape index (κ1) is 14.0. The minimum absolute atomic E-state index is 0.176. The van der Waals surface area contributed by atoms with E-state index < -0.39 is 9.84 Å². The van der Waals surface area contributed by atoms with Crippen LogP contribution in [0.15, 0.2) is 0 Å². The van der Waals surface area contributed by atoms with E-state index >= 15 is 0 Å². The third kappa shape index (κ3) is 4.06. The summed E-state index contributed by atoms with van der Waals surface area (Å²) in [4.78, 5) is 0. The summed E-state index contributed by atoms with van der Waals surface area (Å²) in [7, 11) is -0.871. The van der Waals surface area contributed by atoms with Crippen molar-refractivity contribution < 1.29 is 8.42 Å². The first-order chi connectivity index (χ1) is 7.43. The van der Waals surface area contributed by atoms with Crippen LogP contribution in [0, 0.1) is 11.3 Å². The van der Waals surface area contributed by atoms with Gasteiger partial charge in [0.1, 0.15) is 9.84 Å². The Morgan fingerprint density at radius 3 is 2.38 bits per heavy atom. The molecule has 1 atom stereocenters. The highest BCUT2D eigenvalue weighted by molar-refractivity contribution is 7.91. The average molecular weight is 247 g/mol. The summed E-state index contributed by atoms with van der Waals surface area (Å²) in [5, 5.41) is 3.20. The van der Waals surface area contributed by atoms with Crippen molar-refractivity contribution in [2.24, 2.45) is 11.3 Å². The minimum atomic E-state index is -2.82. The Hall–Kier alpha value is -0.0900. The lowest BCUT2D eigenvalue weighted by Gasteiger charge is -2.29. The van der Waals surface area contributed by atoms with Crippen molar-refractivity contribution in [3.8, 4) is 0 Å². The zero-order chi connectivity index (χ0) is 12.2. The molecule has 1 unspecified atom stereocenters. The van der Waals surface area contributed by atoms with Gasteiger partial charge in [0.05, 0.1) is 5.75 Å². The summed E-state index contributed by atoms with van der Waals surface area (Å²) in [5.41, 5.74) is 0.176. The van der Waals surface area contributed by atoms with Crippen molar-refractivity contribution in [3.63, 3.8) is 0 Å². The summed E-state index contributed by atoms with van der Waals surface area (Å²) in [6, 6.07) is 0. The molecule has 1 saturated carbocycles. The lowest BCUT2D eigenvalue weighted by Crippen LogP contribution is -2.34. The summed E-state index contributed by atoms with van der Waals surface area (Å²) in [6.07, 6.45) is 4.08. The monoisotopic (exact) mass is 247 g/mol. The molecule has 1 aliphatic carbocycles. The van der Waals surface area contributed by atoms with Gasteiger partial charge in [-0.05, 0) is 44.1 Å². The Morgan fingerprint density at radius 1 is 1.31 bits per heavy atom. The zero-order valence-corrected chi connectivity index (χ0v) is 11.6. The van der Waals surface area contributed by atoms with Crippen LogP contribution in [0.1, 0.15) is 39.5 Å². The van der Waals surface area contributed by atoms with Gasteiger partial charge in [-0.2, -0.15) is 0 Å². The predicted octanol–water partition coefficient (Wildman–Crippen LogP) is 1.84. The van der Waals surface area contributed by atoms with E-state index in [1.165, 1.54) is 12.8 Å². The molecule has 4 heteroatoms. The molecule has 3 nitrogen and oxygen atoms in total. The summed E-state index contributed by atoms with van der Waals surface area (Å²) < 4.78 is 23.4. The number of hydrogen-bond donors (Lipinski definition) is 1. The molecule has 0 radical (unpaired) electrons. The third-order valence-electron chi connectivity index (χ3n) is 3.64. The maximum Gasteiger partial charge on any atom is 0.150 e. The second-order valence-electron chi connectivity index (χ2n) is 5.36. The van der Waals surface area contributed by atoms with Crippen LogP contribution in [0.25, 0.3) is 0 Å². The van der Waals surface area contributed by atoms with E-state index in [2.05, 4.69) is 12.2 Å². The van der Waals surface area contributed by atoms with Crippen LogP contribution in [0.3, 0.4) is 0 Å². The van der Waals surface area contributed by atoms with Crippen LogP contribution in [0.4, 0.5) is 0 Å². The molecule has 16 heavy (non-hydrogen) atoms. The maximum absolute atomic E-state index is 11.7. The van der Waals surface area contributed by atoms with E-state index in [4.69, 9.17) is 0 Å². The van der Waals surface area contributed by atoms with Gasteiger partial charge >= 0.3 is 0 Å². The molecule has 0 aliphatic heterocycles. The number of sulfone groups is 1. The van der Waals surface area contributed by atoms with E-state index in [0.717, 1.165) is 25.3 Å². The fraction of sp³-hybridized carbons (Fsp3) is 1.00. The van der Waals surface area contributed by atoms with Crippen LogP contribution < -0.4 is 5.32 Å². The van der Waals surface area contributed by atoms with Gasteiger partial charge < -0.3 is 5.32 Å². The molecular formula is C12H25NO2S. The Labute approximate surface area is 99.9 Å². The molecule has 0 aromatic carbocycles. The predicted molar refractivity (Wildman–Crippen MR) is 68.3 cm³/mol. The largest absolute Gasteiger partial charge is 0.319 e. The first-order valence-corrected chi connectivity index (χ1v) is 8.10. The summed E-state index contributed by atoms with van der Waals surface area (Å²) >= 11 is 0. The molecule has 1 N–H and O–H groups in total. The molecule has 0 aromatic heterocycles. The molecule has 0 bridgehead atoms. The molecule has 1 aliphatic rings. The van der Waals surface area contributed by atoms with Gasteiger partial charge in [0.2, 0.25) is 0 Å². The molecular weight excluding hydrogens is 222 g/mol. The Morgan fingerprint density at radius 2 is 1.94 bits per heavy atom. The molecule has 0 saturated heterocycles. The van der Waals surface area contributed by atoms with Gasteiger partial charge in [-0.25, -0.2) is 8.42 Å². The maximum atomic E-state index is 11.7. The first-order valence-electron chi connectivity index (χ1n) is 6.28. The van der Waals surface area contributed by atoms with Gasteiger partial charge in [0.15, 0.2) is 0 Å². The van der Waals surface area contributed by atoms with Crippen molar-refractivity contribution >= 4 is 9.84 Å². The molecule has 1 fully saturated rings.